The number of aliphatic hydroxyl groups is 1. The number of pyridine rings is 1. The minimum atomic E-state index is -1.19. The van der Waals surface area contributed by atoms with Crippen LogP contribution in [0.25, 0.3) is 11.1 Å². The lowest BCUT2D eigenvalue weighted by Crippen LogP contribution is -2.62. The van der Waals surface area contributed by atoms with E-state index < -0.39 is 11.5 Å². The lowest BCUT2D eigenvalue weighted by molar-refractivity contribution is -0.136. The number of rotatable bonds is 3. The number of amides is 1. The maximum atomic E-state index is 13.3. The first-order chi connectivity index (χ1) is 16.5. The molecule has 6 nitrogen and oxygen atoms in total. The highest BCUT2D eigenvalue weighted by Gasteiger charge is 2.49. The van der Waals surface area contributed by atoms with Crippen LogP contribution >= 0.6 is 0 Å². The Morgan fingerprint density at radius 1 is 1.03 bits per heavy atom. The molecule has 0 radical (unpaired) electrons. The van der Waals surface area contributed by atoms with Crippen LogP contribution in [0.3, 0.4) is 0 Å². The van der Waals surface area contributed by atoms with Gasteiger partial charge in [-0.3, -0.25) is 4.90 Å². The maximum Gasteiger partial charge on any atom is 0.410 e. The van der Waals surface area contributed by atoms with Gasteiger partial charge in [0.2, 0.25) is 5.95 Å². The van der Waals surface area contributed by atoms with Crippen LogP contribution in [0.4, 0.5) is 9.18 Å². The molecule has 1 amide bonds. The molecule has 3 heterocycles. The van der Waals surface area contributed by atoms with E-state index >= 15 is 0 Å². The summed E-state index contributed by atoms with van der Waals surface area (Å²) in [4.78, 5) is 18.7. The van der Waals surface area contributed by atoms with Crippen molar-refractivity contribution in [2.45, 2.75) is 36.4 Å². The lowest BCUT2D eigenvalue weighted by atomic mass is 9.77. The summed E-state index contributed by atoms with van der Waals surface area (Å²) in [7, 11) is 0. The second-order valence-electron chi connectivity index (χ2n) is 9.37. The normalized spacial score (nSPS) is 25.5. The van der Waals surface area contributed by atoms with Gasteiger partial charge in [-0.1, -0.05) is 54.6 Å². The molecule has 2 atom stereocenters. The van der Waals surface area contributed by atoms with Crippen LogP contribution in [-0.4, -0.2) is 53.0 Å². The molecule has 2 aliphatic heterocycles. The van der Waals surface area contributed by atoms with Crippen LogP contribution in [0.2, 0.25) is 0 Å². The van der Waals surface area contributed by atoms with Crippen LogP contribution in [0.5, 0.6) is 0 Å². The summed E-state index contributed by atoms with van der Waals surface area (Å²) in [5.41, 5.74) is 4.05. The predicted molar refractivity (Wildman–Crippen MR) is 123 cm³/mol. The first-order valence-corrected chi connectivity index (χ1v) is 11.6. The third-order valence-corrected chi connectivity index (χ3v) is 7.37. The number of fused-ring (bicyclic) bond motifs is 5. The molecule has 2 fully saturated rings. The Morgan fingerprint density at radius 3 is 2.24 bits per heavy atom. The number of benzene rings is 2. The third-order valence-electron chi connectivity index (χ3n) is 7.37. The Morgan fingerprint density at radius 2 is 1.65 bits per heavy atom. The minimum absolute atomic E-state index is 0.0144. The molecule has 0 spiro atoms. The topological polar surface area (TPSA) is 71.9 Å². The van der Waals surface area contributed by atoms with E-state index in [9.17, 15) is 14.3 Å². The molecular formula is C27H25FN2O4. The predicted octanol–water partition coefficient (Wildman–Crippen LogP) is 4.22. The molecular weight excluding hydrogens is 435 g/mol. The van der Waals surface area contributed by atoms with Gasteiger partial charge in [0.25, 0.3) is 0 Å². The fourth-order valence-electron chi connectivity index (χ4n) is 5.83. The molecule has 1 aliphatic carbocycles. The maximum absolute atomic E-state index is 13.3. The smallest absolute Gasteiger partial charge is 0.410 e. The van der Waals surface area contributed by atoms with Crippen molar-refractivity contribution in [2.24, 2.45) is 0 Å². The van der Waals surface area contributed by atoms with E-state index in [1.165, 1.54) is 23.4 Å². The fourth-order valence-corrected chi connectivity index (χ4v) is 5.83. The van der Waals surface area contributed by atoms with Gasteiger partial charge >= 0.3 is 6.09 Å². The summed E-state index contributed by atoms with van der Waals surface area (Å²) < 4.78 is 24.9. The van der Waals surface area contributed by atoms with Gasteiger partial charge in [0.15, 0.2) is 0 Å². The molecule has 2 unspecified atom stereocenters. The van der Waals surface area contributed by atoms with E-state index in [0.29, 0.717) is 18.8 Å². The lowest BCUT2D eigenvalue weighted by Gasteiger charge is -2.50. The first kappa shape index (κ1) is 21.3. The summed E-state index contributed by atoms with van der Waals surface area (Å²) >= 11 is 0. The van der Waals surface area contributed by atoms with Crippen molar-refractivity contribution in [1.82, 2.24) is 9.88 Å². The molecule has 3 aromatic rings. The fraction of sp³-hybridized carbons (Fsp3) is 0.333. The zero-order chi connectivity index (χ0) is 23.3. The van der Waals surface area contributed by atoms with Crippen LogP contribution in [-0.2, 0) is 15.1 Å². The molecule has 2 saturated heterocycles. The molecule has 174 valence electrons. The number of carbonyl (C=O) groups excluding carboxylic acids is 1. The first-order valence-electron chi connectivity index (χ1n) is 11.6. The number of hydrogen-bond donors (Lipinski definition) is 1. The monoisotopic (exact) mass is 460 g/mol. The largest absolute Gasteiger partial charge is 0.448 e. The third kappa shape index (κ3) is 3.47. The van der Waals surface area contributed by atoms with Gasteiger partial charge in [-0.2, -0.15) is 4.39 Å². The number of carbonyl (C=O) groups is 1. The average Bonchev–Trinajstić information content (AvgIpc) is 3.16. The molecule has 1 N–H and O–H groups in total. The van der Waals surface area contributed by atoms with Crippen molar-refractivity contribution in [3.63, 3.8) is 0 Å². The second-order valence-corrected chi connectivity index (χ2v) is 9.37. The van der Waals surface area contributed by atoms with Crippen LogP contribution in [0, 0.1) is 5.95 Å². The van der Waals surface area contributed by atoms with Crippen molar-refractivity contribution in [3.8, 4) is 11.1 Å². The van der Waals surface area contributed by atoms with E-state index in [2.05, 4.69) is 29.2 Å². The number of hydrogen-bond acceptors (Lipinski definition) is 5. The summed E-state index contributed by atoms with van der Waals surface area (Å²) in [6, 6.07) is 18.6. The number of piperidine rings is 1. The van der Waals surface area contributed by atoms with Crippen molar-refractivity contribution in [3.05, 3.63) is 89.5 Å². The number of ether oxygens (including phenoxy) is 2. The average molecular weight is 461 g/mol. The quantitative estimate of drug-likeness (QED) is 0.593. The van der Waals surface area contributed by atoms with Gasteiger partial charge in [0, 0.05) is 30.5 Å². The molecule has 2 bridgehead atoms. The Labute approximate surface area is 197 Å². The molecule has 34 heavy (non-hydrogen) atoms. The van der Waals surface area contributed by atoms with Gasteiger partial charge in [0.05, 0.1) is 30.9 Å². The molecule has 3 aliphatic rings. The highest BCUT2D eigenvalue weighted by molar-refractivity contribution is 5.79. The molecule has 1 aromatic heterocycles. The molecule has 6 rings (SSSR count). The van der Waals surface area contributed by atoms with E-state index in [4.69, 9.17) is 9.47 Å². The van der Waals surface area contributed by atoms with Crippen LogP contribution in [0.15, 0.2) is 66.9 Å². The standard InChI is InChI=1S/C27H25FN2O4/c28-25-10-9-17(13-29-25)27(32)11-18-14-33-15-19(12-27)30(18)26(31)34-16-24-22-7-3-1-5-20(22)21-6-2-4-8-23(21)24/h1-10,13,18-19,24,32H,11-12,14-16H2. The van der Waals surface area contributed by atoms with Crippen molar-refractivity contribution in [2.75, 3.05) is 19.8 Å². The van der Waals surface area contributed by atoms with Crippen LogP contribution in [0.1, 0.15) is 35.4 Å². The SMILES string of the molecule is O=C(OCC1c2ccccc2-c2ccccc21)N1C2COCC1CC(O)(c1ccc(F)nc1)C2. The van der Waals surface area contributed by atoms with Gasteiger partial charge in [-0.05, 0) is 28.3 Å². The Kier molecular flexibility index (Phi) is 5.12. The number of aromatic nitrogens is 1. The Balaban J connectivity index is 1.20. The van der Waals surface area contributed by atoms with E-state index in [1.807, 2.05) is 24.3 Å². The van der Waals surface area contributed by atoms with Crippen LogP contribution < -0.4 is 0 Å². The highest BCUT2D eigenvalue weighted by atomic mass is 19.1. The summed E-state index contributed by atoms with van der Waals surface area (Å²) in [6.07, 6.45) is 1.54. The van der Waals surface area contributed by atoms with E-state index in [-0.39, 0.29) is 43.5 Å². The van der Waals surface area contributed by atoms with Gasteiger partial charge in [-0.15, -0.1) is 0 Å². The highest BCUT2D eigenvalue weighted by Crippen LogP contribution is 2.45. The number of nitrogens with zero attached hydrogens (tertiary/aromatic N) is 2. The van der Waals surface area contributed by atoms with Gasteiger partial charge < -0.3 is 14.6 Å². The number of morpholine rings is 1. The molecule has 7 heteroatoms. The van der Waals surface area contributed by atoms with Crippen molar-refractivity contribution >= 4 is 6.09 Å². The molecule has 2 aromatic carbocycles. The Bertz CT molecular complexity index is 1170. The second kappa shape index (κ2) is 8.18. The van der Waals surface area contributed by atoms with E-state index in [1.54, 1.807) is 11.0 Å². The number of halogens is 1. The summed E-state index contributed by atoms with van der Waals surface area (Å²) in [6.45, 7) is 0.880. The zero-order valence-corrected chi connectivity index (χ0v) is 18.6. The van der Waals surface area contributed by atoms with Crippen molar-refractivity contribution in [1.29, 1.82) is 0 Å². The summed E-state index contributed by atoms with van der Waals surface area (Å²) in [5, 5.41) is 11.4. The zero-order valence-electron chi connectivity index (χ0n) is 18.6. The molecule has 0 saturated carbocycles. The van der Waals surface area contributed by atoms with Crippen molar-refractivity contribution < 1.29 is 23.8 Å². The van der Waals surface area contributed by atoms with E-state index in [0.717, 1.165) is 11.1 Å². The van der Waals surface area contributed by atoms with Gasteiger partial charge in [-0.25, -0.2) is 9.78 Å². The summed E-state index contributed by atoms with van der Waals surface area (Å²) in [5.74, 6) is -0.605. The Hall–Kier alpha value is -3.29. The van der Waals surface area contributed by atoms with Gasteiger partial charge in [0.1, 0.15) is 6.61 Å². The minimum Gasteiger partial charge on any atom is -0.448 e.